The summed E-state index contributed by atoms with van der Waals surface area (Å²) < 4.78 is 13.0. The zero-order chi connectivity index (χ0) is 19.3. The molecule has 0 atom stereocenters. The molecule has 0 spiro atoms. The third kappa shape index (κ3) is 4.54. The molecule has 1 fully saturated rings. The topological polar surface area (TPSA) is 58.1 Å². The van der Waals surface area contributed by atoms with Crippen molar-refractivity contribution in [1.82, 2.24) is 15.1 Å². The van der Waals surface area contributed by atoms with Crippen molar-refractivity contribution in [2.75, 3.05) is 11.9 Å². The van der Waals surface area contributed by atoms with Crippen molar-refractivity contribution >= 4 is 22.4 Å². The summed E-state index contributed by atoms with van der Waals surface area (Å²) in [4.78, 5) is 13.8. The summed E-state index contributed by atoms with van der Waals surface area (Å²) in [5.41, 5.74) is 3.31. The van der Waals surface area contributed by atoms with Gasteiger partial charge in [0.1, 0.15) is 10.8 Å². The van der Waals surface area contributed by atoms with E-state index in [-0.39, 0.29) is 11.7 Å². The lowest BCUT2D eigenvalue weighted by atomic mass is 10.1. The average molecular weight is 396 g/mol. The summed E-state index contributed by atoms with van der Waals surface area (Å²) in [6, 6.07) is 14.6. The number of carbonyl (C=O) groups excluding carboxylic acids is 1. The molecule has 2 heterocycles. The number of rotatable bonds is 7. The molecular weight excluding hydrogens is 375 g/mol. The van der Waals surface area contributed by atoms with Crippen LogP contribution in [-0.4, -0.2) is 27.5 Å². The zero-order valence-electron chi connectivity index (χ0n) is 15.4. The maximum atomic E-state index is 13.0. The summed E-state index contributed by atoms with van der Waals surface area (Å²) in [6.45, 7) is 2.12. The third-order valence-electron chi connectivity index (χ3n) is 4.82. The van der Waals surface area contributed by atoms with Crippen LogP contribution in [-0.2, 0) is 24.3 Å². The Morgan fingerprint density at radius 3 is 2.61 bits per heavy atom. The fourth-order valence-corrected chi connectivity index (χ4v) is 4.07. The summed E-state index contributed by atoms with van der Waals surface area (Å²) in [5, 5.41) is 13.4. The first-order valence-electron chi connectivity index (χ1n) is 9.32. The van der Waals surface area contributed by atoms with Gasteiger partial charge in [0.25, 0.3) is 0 Å². The highest BCUT2D eigenvalue weighted by atomic mass is 32.1. The fourth-order valence-electron chi connectivity index (χ4n) is 3.31. The van der Waals surface area contributed by atoms with Crippen LogP contribution in [0.15, 0.2) is 48.5 Å². The molecule has 28 heavy (non-hydrogen) atoms. The summed E-state index contributed by atoms with van der Waals surface area (Å²) in [7, 11) is 0. The predicted octanol–water partition coefficient (Wildman–Crippen LogP) is 4.00. The van der Waals surface area contributed by atoms with Gasteiger partial charge in [0.15, 0.2) is 0 Å². The Balaban J connectivity index is 1.38. The maximum Gasteiger partial charge on any atom is 0.222 e. The van der Waals surface area contributed by atoms with Gasteiger partial charge in [-0.1, -0.05) is 47.7 Å². The SMILES string of the molecule is O=C1CCCN1Cc1ccccc1CNc1nnc(Cc2ccc(F)cc2)s1. The van der Waals surface area contributed by atoms with E-state index in [2.05, 4.69) is 27.6 Å². The standard InChI is InChI=1S/C21H21FN4OS/c22-18-9-7-15(8-10-18)12-19-24-25-21(28-19)23-13-16-4-1-2-5-17(16)14-26-11-3-6-20(26)27/h1-2,4-5,7-10H,3,6,11-14H2,(H,23,25). The van der Waals surface area contributed by atoms with E-state index in [1.807, 2.05) is 17.0 Å². The van der Waals surface area contributed by atoms with Crippen LogP contribution in [0, 0.1) is 5.82 Å². The number of anilines is 1. The summed E-state index contributed by atoms with van der Waals surface area (Å²) in [6.07, 6.45) is 2.23. The van der Waals surface area contributed by atoms with E-state index in [9.17, 15) is 9.18 Å². The molecule has 1 amide bonds. The number of nitrogens with zero attached hydrogens (tertiary/aromatic N) is 3. The summed E-state index contributed by atoms with van der Waals surface area (Å²) >= 11 is 1.50. The number of likely N-dealkylation sites (tertiary alicyclic amines) is 1. The highest BCUT2D eigenvalue weighted by Crippen LogP contribution is 2.21. The molecular formula is C21H21FN4OS. The Morgan fingerprint density at radius 1 is 1.07 bits per heavy atom. The van der Waals surface area contributed by atoms with Crippen molar-refractivity contribution in [3.63, 3.8) is 0 Å². The molecule has 144 valence electrons. The summed E-state index contributed by atoms with van der Waals surface area (Å²) in [5.74, 6) is -0.00464. The molecule has 4 rings (SSSR count). The van der Waals surface area contributed by atoms with Gasteiger partial charge in [-0.25, -0.2) is 4.39 Å². The van der Waals surface area contributed by atoms with Crippen LogP contribution in [0.3, 0.4) is 0 Å². The fraction of sp³-hybridized carbons (Fsp3) is 0.286. The van der Waals surface area contributed by atoms with Crippen molar-refractivity contribution in [1.29, 1.82) is 0 Å². The molecule has 0 saturated carbocycles. The van der Waals surface area contributed by atoms with Gasteiger partial charge in [0.2, 0.25) is 11.0 Å². The zero-order valence-corrected chi connectivity index (χ0v) is 16.2. The maximum absolute atomic E-state index is 13.0. The number of hydrogen-bond acceptors (Lipinski definition) is 5. The molecule has 1 aliphatic rings. The van der Waals surface area contributed by atoms with Gasteiger partial charge in [0.05, 0.1) is 0 Å². The van der Waals surface area contributed by atoms with E-state index in [4.69, 9.17) is 0 Å². The Kier molecular flexibility index (Phi) is 5.62. The van der Waals surface area contributed by atoms with Crippen LogP contribution in [0.25, 0.3) is 0 Å². The molecule has 1 N–H and O–H groups in total. The highest BCUT2D eigenvalue weighted by molar-refractivity contribution is 7.15. The van der Waals surface area contributed by atoms with E-state index in [1.54, 1.807) is 12.1 Å². The first-order valence-corrected chi connectivity index (χ1v) is 10.1. The molecule has 0 unspecified atom stereocenters. The molecule has 2 aromatic carbocycles. The minimum absolute atomic E-state index is 0.234. The van der Waals surface area contributed by atoms with Crippen LogP contribution in [0.2, 0.25) is 0 Å². The minimum atomic E-state index is -0.238. The molecule has 0 radical (unpaired) electrons. The number of carbonyl (C=O) groups is 1. The van der Waals surface area contributed by atoms with Gasteiger partial charge >= 0.3 is 0 Å². The molecule has 7 heteroatoms. The second-order valence-corrected chi connectivity index (χ2v) is 7.91. The van der Waals surface area contributed by atoms with Gasteiger partial charge in [0, 0.05) is 32.5 Å². The second-order valence-electron chi connectivity index (χ2n) is 6.85. The van der Waals surface area contributed by atoms with Crippen LogP contribution >= 0.6 is 11.3 Å². The van der Waals surface area contributed by atoms with E-state index >= 15 is 0 Å². The number of benzene rings is 2. The van der Waals surface area contributed by atoms with E-state index < -0.39 is 0 Å². The molecule has 3 aromatic rings. The first-order chi connectivity index (χ1) is 13.7. The second kappa shape index (κ2) is 8.48. The van der Waals surface area contributed by atoms with Gasteiger partial charge < -0.3 is 10.2 Å². The van der Waals surface area contributed by atoms with Crippen molar-refractivity contribution in [2.45, 2.75) is 32.4 Å². The lowest BCUT2D eigenvalue weighted by Crippen LogP contribution is -2.24. The Labute approximate surface area is 167 Å². The number of halogens is 1. The van der Waals surface area contributed by atoms with E-state index in [0.717, 1.165) is 39.8 Å². The number of aromatic nitrogens is 2. The van der Waals surface area contributed by atoms with Crippen molar-refractivity contribution < 1.29 is 9.18 Å². The molecule has 0 bridgehead atoms. The van der Waals surface area contributed by atoms with E-state index in [1.165, 1.54) is 23.5 Å². The number of hydrogen-bond donors (Lipinski definition) is 1. The van der Waals surface area contributed by atoms with Crippen molar-refractivity contribution in [2.24, 2.45) is 0 Å². The van der Waals surface area contributed by atoms with Crippen LogP contribution < -0.4 is 5.32 Å². The van der Waals surface area contributed by atoms with Crippen molar-refractivity contribution in [3.05, 3.63) is 76.0 Å². The van der Waals surface area contributed by atoms with Gasteiger partial charge in [-0.05, 0) is 35.2 Å². The highest BCUT2D eigenvalue weighted by Gasteiger charge is 2.20. The lowest BCUT2D eigenvalue weighted by molar-refractivity contribution is -0.128. The van der Waals surface area contributed by atoms with Crippen LogP contribution in [0.1, 0.15) is 34.5 Å². The quantitative estimate of drug-likeness (QED) is 0.656. The first kappa shape index (κ1) is 18.6. The average Bonchev–Trinajstić information content (AvgIpc) is 3.32. The largest absolute Gasteiger partial charge is 0.356 e. The molecule has 1 saturated heterocycles. The third-order valence-corrected chi connectivity index (χ3v) is 5.70. The Morgan fingerprint density at radius 2 is 1.86 bits per heavy atom. The minimum Gasteiger partial charge on any atom is -0.356 e. The van der Waals surface area contributed by atoms with Crippen LogP contribution in [0.4, 0.5) is 9.52 Å². The van der Waals surface area contributed by atoms with Crippen LogP contribution in [0.5, 0.6) is 0 Å². The molecule has 1 aliphatic heterocycles. The lowest BCUT2D eigenvalue weighted by Gasteiger charge is -2.18. The smallest absolute Gasteiger partial charge is 0.222 e. The molecule has 0 aliphatic carbocycles. The van der Waals surface area contributed by atoms with Crippen molar-refractivity contribution in [3.8, 4) is 0 Å². The predicted molar refractivity (Wildman–Crippen MR) is 108 cm³/mol. The Hall–Kier alpha value is -2.80. The molecule has 1 aromatic heterocycles. The normalized spacial score (nSPS) is 13.9. The van der Waals surface area contributed by atoms with Gasteiger partial charge in [-0.15, -0.1) is 10.2 Å². The number of nitrogens with one attached hydrogen (secondary N) is 1. The molecule has 5 nitrogen and oxygen atoms in total. The Bertz CT molecular complexity index is 957. The number of amides is 1. The van der Waals surface area contributed by atoms with E-state index in [0.29, 0.717) is 25.9 Å². The van der Waals surface area contributed by atoms with Gasteiger partial charge in [-0.3, -0.25) is 4.79 Å². The van der Waals surface area contributed by atoms with Gasteiger partial charge in [-0.2, -0.15) is 0 Å². The monoisotopic (exact) mass is 396 g/mol.